The smallest absolute Gasteiger partial charge is 0.135 e. The van der Waals surface area contributed by atoms with Gasteiger partial charge in [0.05, 0.1) is 5.92 Å². The molecule has 9 nitrogen and oxygen atoms in total. The molecule has 0 saturated heterocycles. The van der Waals surface area contributed by atoms with Gasteiger partial charge in [0.25, 0.3) is 0 Å². The normalized spacial score (nSPS) is 22.5. The standard InChI is InChI=1S/C42H32O9/c43-23-7-1-19(2-8-23)33-36-29(16-28(48)17-30(36)49)37-34(20-3-9-24(44)10-4-20)40(33)41-38(37)31(50)18-32-39(41)35(22-13-26(46)15-27(47)14-22)42(51-32)21-5-11-25(45)12-6-21/h1-18,33-35,37,40,42-50H/t33-,34?,35-,37?,40?,42?/m1/s1. The van der Waals surface area contributed by atoms with Crippen molar-refractivity contribution in [1.29, 1.82) is 0 Å². The number of hydrogen-bond acceptors (Lipinski definition) is 9. The molecule has 0 radical (unpaired) electrons. The van der Waals surface area contributed by atoms with Gasteiger partial charge in [-0.15, -0.1) is 0 Å². The first-order chi connectivity index (χ1) is 24.6. The third-order valence-electron chi connectivity index (χ3n) is 10.9. The predicted molar refractivity (Wildman–Crippen MR) is 186 cm³/mol. The van der Waals surface area contributed by atoms with E-state index in [0.29, 0.717) is 33.6 Å². The molecule has 9 rings (SSSR count). The van der Waals surface area contributed by atoms with Gasteiger partial charge in [0.2, 0.25) is 0 Å². The van der Waals surface area contributed by atoms with Crippen molar-refractivity contribution in [2.24, 2.45) is 0 Å². The number of aromatic hydroxyl groups is 8. The van der Waals surface area contributed by atoms with Crippen LogP contribution in [0.4, 0.5) is 0 Å². The number of benzene rings is 6. The third kappa shape index (κ3) is 4.61. The fourth-order valence-corrected chi connectivity index (χ4v) is 9.08. The van der Waals surface area contributed by atoms with Gasteiger partial charge in [0, 0.05) is 58.6 Å². The quantitative estimate of drug-likeness (QED) is 0.0927. The van der Waals surface area contributed by atoms with E-state index in [0.717, 1.165) is 22.3 Å². The minimum absolute atomic E-state index is 0.0379. The molecule has 9 heteroatoms. The van der Waals surface area contributed by atoms with Gasteiger partial charge in [-0.25, -0.2) is 0 Å². The summed E-state index contributed by atoms with van der Waals surface area (Å²) in [4.78, 5) is 0. The van der Waals surface area contributed by atoms with E-state index in [2.05, 4.69) is 0 Å². The molecule has 0 amide bonds. The first-order valence-corrected chi connectivity index (χ1v) is 16.6. The number of phenols is 8. The zero-order chi connectivity index (χ0) is 35.3. The molecule has 254 valence electrons. The molecule has 4 unspecified atom stereocenters. The van der Waals surface area contributed by atoms with Crippen molar-refractivity contribution < 1.29 is 45.6 Å². The first kappa shape index (κ1) is 30.6. The Labute approximate surface area is 291 Å². The van der Waals surface area contributed by atoms with Crippen molar-refractivity contribution in [1.82, 2.24) is 0 Å². The Morgan fingerprint density at radius 1 is 0.353 bits per heavy atom. The van der Waals surface area contributed by atoms with Crippen molar-refractivity contribution in [3.63, 3.8) is 0 Å². The van der Waals surface area contributed by atoms with E-state index in [4.69, 9.17) is 4.74 Å². The highest BCUT2D eigenvalue weighted by Crippen LogP contribution is 2.71. The van der Waals surface area contributed by atoms with Crippen LogP contribution in [0.2, 0.25) is 0 Å². The molecular weight excluding hydrogens is 648 g/mol. The second-order valence-corrected chi connectivity index (χ2v) is 13.7. The highest BCUT2D eigenvalue weighted by Gasteiger charge is 2.57. The lowest BCUT2D eigenvalue weighted by Gasteiger charge is -2.40. The Bertz CT molecular complexity index is 2330. The summed E-state index contributed by atoms with van der Waals surface area (Å²) in [6.45, 7) is 0. The van der Waals surface area contributed by atoms with Crippen molar-refractivity contribution in [3.8, 4) is 51.7 Å². The SMILES string of the molecule is Oc1ccc(C2C3c4cc(O)cc(O)c4[C@@H](c4ccc(O)cc4)C2c2c3c(O)cc3c2[C@@H](c2cc(O)cc(O)c2)C(c2ccc(O)cc2)O3)cc1. The van der Waals surface area contributed by atoms with E-state index in [9.17, 15) is 40.9 Å². The lowest BCUT2D eigenvalue weighted by atomic mass is 9.62. The molecule has 6 aromatic carbocycles. The van der Waals surface area contributed by atoms with Crippen LogP contribution in [0, 0.1) is 0 Å². The number of fused-ring (bicyclic) bond motifs is 9. The first-order valence-electron chi connectivity index (χ1n) is 16.6. The van der Waals surface area contributed by atoms with Crippen LogP contribution >= 0.6 is 0 Å². The van der Waals surface area contributed by atoms with Gasteiger partial charge in [-0.05, 0) is 88.0 Å². The summed E-state index contributed by atoms with van der Waals surface area (Å²) in [6.07, 6.45) is -0.702. The minimum atomic E-state index is -0.702. The monoisotopic (exact) mass is 680 g/mol. The molecule has 51 heavy (non-hydrogen) atoms. The molecule has 8 N–H and O–H groups in total. The summed E-state index contributed by atoms with van der Waals surface area (Å²) in [5, 5.41) is 86.7. The molecule has 6 aromatic rings. The predicted octanol–water partition coefficient (Wildman–Crippen LogP) is 7.76. The fourth-order valence-electron chi connectivity index (χ4n) is 9.08. The van der Waals surface area contributed by atoms with Gasteiger partial charge in [-0.1, -0.05) is 36.4 Å². The van der Waals surface area contributed by atoms with Gasteiger partial charge < -0.3 is 45.6 Å². The molecule has 0 aromatic heterocycles. The lowest BCUT2D eigenvalue weighted by Crippen LogP contribution is -2.26. The van der Waals surface area contributed by atoms with Crippen LogP contribution in [0.25, 0.3) is 0 Å². The number of rotatable bonds is 4. The van der Waals surface area contributed by atoms with E-state index in [-0.39, 0.29) is 51.9 Å². The Kier molecular flexibility index (Phi) is 6.60. The molecule has 3 aliphatic rings. The average Bonchev–Trinajstić information content (AvgIpc) is 3.60. The molecule has 0 fully saturated rings. The highest BCUT2D eigenvalue weighted by molar-refractivity contribution is 5.73. The summed E-state index contributed by atoms with van der Waals surface area (Å²) < 4.78 is 6.71. The van der Waals surface area contributed by atoms with Crippen molar-refractivity contribution in [3.05, 3.63) is 159 Å². The van der Waals surface area contributed by atoms with Gasteiger partial charge >= 0.3 is 0 Å². The zero-order valence-electron chi connectivity index (χ0n) is 26.8. The topological polar surface area (TPSA) is 171 Å². The van der Waals surface area contributed by atoms with Crippen LogP contribution < -0.4 is 4.74 Å². The van der Waals surface area contributed by atoms with E-state index in [1.807, 2.05) is 12.1 Å². The molecule has 0 spiro atoms. The fraction of sp³-hybridized carbons (Fsp3) is 0.143. The minimum Gasteiger partial charge on any atom is -0.508 e. The maximum atomic E-state index is 12.1. The van der Waals surface area contributed by atoms with Crippen LogP contribution in [-0.4, -0.2) is 40.9 Å². The van der Waals surface area contributed by atoms with Crippen LogP contribution in [-0.2, 0) is 0 Å². The summed E-state index contributed by atoms with van der Waals surface area (Å²) >= 11 is 0. The van der Waals surface area contributed by atoms with Crippen LogP contribution in [0.15, 0.2) is 109 Å². The van der Waals surface area contributed by atoms with Crippen LogP contribution in [0.5, 0.6) is 51.7 Å². The van der Waals surface area contributed by atoms with Gasteiger partial charge in [-0.2, -0.15) is 0 Å². The molecule has 1 aliphatic heterocycles. The maximum absolute atomic E-state index is 12.1. The molecule has 1 heterocycles. The van der Waals surface area contributed by atoms with E-state index in [1.54, 1.807) is 84.9 Å². The lowest BCUT2D eigenvalue weighted by molar-refractivity contribution is 0.221. The third-order valence-corrected chi connectivity index (χ3v) is 10.9. The Balaban J connectivity index is 1.39. The van der Waals surface area contributed by atoms with E-state index >= 15 is 0 Å². The maximum Gasteiger partial charge on any atom is 0.135 e. The summed E-state index contributed by atoms with van der Waals surface area (Å²) in [7, 11) is 0. The van der Waals surface area contributed by atoms with Crippen molar-refractivity contribution in [2.75, 3.05) is 0 Å². The molecule has 0 saturated carbocycles. The second kappa shape index (κ2) is 11.0. The Morgan fingerprint density at radius 2 is 0.882 bits per heavy atom. The van der Waals surface area contributed by atoms with Crippen molar-refractivity contribution in [2.45, 2.75) is 35.7 Å². The van der Waals surface area contributed by atoms with Crippen LogP contribution in [0.3, 0.4) is 0 Å². The summed E-state index contributed by atoms with van der Waals surface area (Å²) in [5.41, 5.74) is 6.16. The molecule has 6 atom stereocenters. The largest absolute Gasteiger partial charge is 0.508 e. The molecule has 2 aliphatic carbocycles. The van der Waals surface area contributed by atoms with Gasteiger partial charge in [0.1, 0.15) is 57.8 Å². The van der Waals surface area contributed by atoms with Crippen molar-refractivity contribution >= 4 is 0 Å². The number of ether oxygens (including phenoxy) is 1. The summed E-state index contributed by atoms with van der Waals surface area (Å²) in [6, 6.07) is 29.2. The Morgan fingerprint density at radius 3 is 1.49 bits per heavy atom. The zero-order valence-corrected chi connectivity index (χ0v) is 26.8. The van der Waals surface area contributed by atoms with E-state index < -0.39 is 29.8 Å². The van der Waals surface area contributed by atoms with Gasteiger partial charge in [-0.3, -0.25) is 0 Å². The van der Waals surface area contributed by atoms with E-state index in [1.165, 1.54) is 12.1 Å². The molecular formula is C42H32O9. The average molecular weight is 681 g/mol. The highest BCUT2D eigenvalue weighted by atomic mass is 16.5. The number of hydrogen-bond donors (Lipinski definition) is 8. The molecule has 2 bridgehead atoms. The van der Waals surface area contributed by atoms with Crippen LogP contribution in [0.1, 0.15) is 85.8 Å². The second-order valence-electron chi connectivity index (χ2n) is 13.7. The Hall–Kier alpha value is -6.48. The number of phenolic OH excluding ortho intramolecular Hbond substituents is 8. The van der Waals surface area contributed by atoms with Gasteiger partial charge in [0.15, 0.2) is 0 Å². The summed E-state index contributed by atoms with van der Waals surface area (Å²) in [5.74, 6) is -2.56.